The molecular formula is C29H45N5O2. The molecule has 7 heteroatoms. The summed E-state index contributed by atoms with van der Waals surface area (Å²) in [7, 11) is 1.66. The third-order valence-corrected chi connectivity index (χ3v) is 7.37. The van der Waals surface area contributed by atoms with Crippen molar-refractivity contribution in [3.63, 3.8) is 0 Å². The molecule has 0 saturated heterocycles. The van der Waals surface area contributed by atoms with Crippen LogP contribution in [-0.4, -0.2) is 41.9 Å². The highest BCUT2D eigenvalue weighted by Gasteiger charge is 2.44. The van der Waals surface area contributed by atoms with Gasteiger partial charge in [-0.2, -0.15) is 0 Å². The van der Waals surface area contributed by atoms with E-state index in [4.69, 9.17) is 16.2 Å². The number of carbonyl (C=O) groups is 1. The van der Waals surface area contributed by atoms with Gasteiger partial charge in [-0.3, -0.25) is 9.79 Å². The molecule has 0 radical (unpaired) electrons. The summed E-state index contributed by atoms with van der Waals surface area (Å²) >= 11 is 0. The lowest BCUT2D eigenvalue weighted by Crippen LogP contribution is -2.50. The summed E-state index contributed by atoms with van der Waals surface area (Å²) in [5, 5.41) is 3.18. The van der Waals surface area contributed by atoms with Crippen LogP contribution in [0.1, 0.15) is 89.1 Å². The average molecular weight is 496 g/mol. The fourth-order valence-electron chi connectivity index (χ4n) is 4.68. The quantitative estimate of drug-likeness (QED) is 0.264. The molecule has 4 atom stereocenters. The van der Waals surface area contributed by atoms with Gasteiger partial charge in [0.15, 0.2) is 0 Å². The Bertz CT molecular complexity index is 999. The Morgan fingerprint density at radius 2 is 1.92 bits per heavy atom. The van der Waals surface area contributed by atoms with Crippen LogP contribution >= 0.6 is 0 Å². The molecule has 2 rings (SSSR count). The van der Waals surface area contributed by atoms with Crippen LogP contribution in [0.3, 0.4) is 0 Å². The van der Waals surface area contributed by atoms with Crippen molar-refractivity contribution in [2.24, 2.45) is 16.1 Å². The predicted octanol–water partition coefficient (Wildman–Crippen LogP) is 5.44. The van der Waals surface area contributed by atoms with Crippen LogP contribution in [0.2, 0.25) is 0 Å². The van der Waals surface area contributed by atoms with E-state index < -0.39 is 5.60 Å². The fourth-order valence-corrected chi connectivity index (χ4v) is 4.68. The van der Waals surface area contributed by atoms with Gasteiger partial charge in [0.05, 0.1) is 23.3 Å². The van der Waals surface area contributed by atoms with Gasteiger partial charge >= 0.3 is 0 Å². The van der Waals surface area contributed by atoms with E-state index in [1.165, 1.54) is 6.20 Å². The van der Waals surface area contributed by atoms with E-state index in [-0.39, 0.29) is 29.3 Å². The highest BCUT2D eigenvalue weighted by Crippen LogP contribution is 2.43. The lowest BCUT2D eigenvalue weighted by molar-refractivity contribution is -0.111. The van der Waals surface area contributed by atoms with Crippen molar-refractivity contribution in [2.45, 2.75) is 90.9 Å². The van der Waals surface area contributed by atoms with E-state index >= 15 is 0 Å². The van der Waals surface area contributed by atoms with Gasteiger partial charge in [0.1, 0.15) is 5.82 Å². The van der Waals surface area contributed by atoms with Crippen LogP contribution in [-0.2, 0) is 4.74 Å². The van der Waals surface area contributed by atoms with Crippen LogP contribution in [0, 0.1) is 5.41 Å². The topological polar surface area (TPSA) is 116 Å². The first-order valence-corrected chi connectivity index (χ1v) is 13.1. The van der Waals surface area contributed by atoms with Crippen molar-refractivity contribution in [1.82, 2.24) is 10.3 Å². The van der Waals surface area contributed by atoms with Gasteiger partial charge in [0.25, 0.3) is 5.91 Å². The van der Waals surface area contributed by atoms with Gasteiger partial charge in [0.2, 0.25) is 0 Å². The first-order valence-electron chi connectivity index (χ1n) is 13.1. The number of aliphatic imine (C=N–C) groups is 1. The Labute approximate surface area is 217 Å². The van der Waals surface area contributed by atoms with E-state index in [0.29, 0.717) is 16.7 Å². The third kappa shape index (κ3) is 6.84. The molecule has 198 valence electrons. The molecule has 0 bridgehead atoms. The summed E-state index contributed by atoms with van der Waals surface area (Å²) in [6.45, 7) is 10.9. The van der Waals surface area contributed by atoms with Crippen molar-refractivity contribution >= 4 is 23.5 Å². The smallest absolute Gasteiger partial charge is 0.255 e. The van der Waals surface area contributed by atoms with Crippen LogP contribution in [0.15, 0.2) is 47.8 Å². The molecule has 1 heterocycles. The molecule has 0 aliphatic heterocycles. The number of carbonyl (C=O) groups excluding carboxylic acids is 1. The first-order chi connectivity index (χ1) is 17.2. The monoisotopic (exact) mass is 495 g/mol. The van der Waals surface area contributed by atoms with Crippen molar-refractivity contribution < 1.29 is 9.53 Å². The first kappa shape index (κ1) is 29.3. The summed E-state index contributed by atoms with van der Waals surface area (Å²) in [5.41, 5.74) is 12.8. The number of hydrogen-bond acceptors (Lipinski definition) is 6. The zero-order chi connectivity index (χ0) is 26.8. The van der Waals surface area contributed by atoms with Gasteiger partial charge < -0.3 is 21.5 Å². The molecular weight excluding hydrogens is 450 g/mol. The van der Waals surface area contributed by atoms with Crippen LogP contribution in [0.4, 0.5) is 5.82 Å². The van der Waals surface area contributed by atoms with Gasteiger partial charge in [-0.25, -0.2) is 4.98 Å². The largest absolute Gasteiger partial charge is 0.404 e. The Kier molecular flexibility index (Phi) is 10.9. The minimum absolute atomic E-state index is 0.106. The number of nitrogens with one attached hydrogen (secondary N) is 1. The Hall–Kier alpha value is -2.93. The van der Waals surface area contributed by atoms with E-state index in [9.17, 15) is 4.79 Å². The van der Waals surface area contributed by atoms with Crippen LogP contribution in [0.5, 0.6) is 0 Å². The molecule has 1 fully saturated rings. The Morgan fingerprint density at radius 1 is 1.22 bits per heavy atom. The average Bonchev–Trinajstić information content (AvgIpc) is 3.30. The number of nitrogen functional groups attached to an aromatic ring is 1. The molecule has 7 nitrogen and oxygen atoms in total. The van der Waals surface area contributed by atoms with E-state index in [2.05, 4.69) is 74.2 Å². The number of hydrogen-bond donors (Lipinski definition) is 3. The molecule has 0 aromatic carbocycles. The van der Waals surface area contributed by atoms with Crippen molar-refractivity contribution in [1.29, 1.82) is 0 Å². The van der Waals surface area contributed by atoms with E-state index in [0.717, 1.165) is 38.5 Å². The van der Waals surface area contributed by atoms with Gasteiger partial charge in [-0.05, 0) is 51.5 Å². The number of allylic oxidation sites excluding steroid dienone is 3. The summed E-state index contributed by atoms with van der Waals surface area (Å²) < 4.78 is 6.90. The second kappa shape index (κ2) is 13.4. The number of nitrogens with two attached hydrogens (primary N) is 2. The number of rotatable bonds is 12. The zero-order valence-corrected chi connectivity index (χ0v) is 22.9. The number of pyridine rings is 1. The maximum absolute atomic E-state index is 13.3. The molecule has 1 aliphatic rings. The van der Waals surface area contributed by atoms with Crippen molar-refractivity contribution in [2.75, 3.05) is 12.8 Å². The van der Waals surface area contributed by atoms with Crippen molar-refractivity contribution in [3.8, 4) is 0 Å². The molecule has 5 N–H and O–H groups in total. The zero-order valence-electron chi connectivity index (χ0n) is 22.9. The second-order valence-electron chi connectivity index (χ2n) is 9.83. The molecule has 1 saturated carbocycles. The molecule has 1 amide bonds. The lowest BCUT2D eigenvalue weighted by atomic mass is 9.71. The summed E-state index contributed by atoms with van der Waals surface area (Å²) in [6.07, 6.45) is 19.0. The molecule has 2 unspecified atom stereocenters. The molecule has 1 aromatic rings. The number of ether oxygens (including phenoxy) is 1. The summed E-state index contributed by atoms with van der Waals surface area (Å²) in [4.78, 5) is 21.6. The second-order valence-corrected chi connectivity index (χ2v) is 9.83. The minimum atomic E-state index is -0.512. The normalized spacial score (nSPS) is 22.3. The molecule has 1 aliphatic carbocycles. The van der Waals surface area contributed by atoms with Crippen molar-refractivity contribution in [3.05, 3.63) is 53.9 Å². The maximum Gasteiger partial charge on any atom is 0.255 e. The highest BCUT2D eigenvalue weighted by molar-refractivity contribution is 6.10. The maximum atomic E-state index is 13.3. The number of aromatic nitrogens is 1. The summed E-state index contributed by atoms with van der Waals surface area (Å²) in [5.74, 6) is -0.0856. The standard InChI is InChI=1S/C29H45N5O2/c1-7-10-15-28(4,9-3)29(5,16-11-8-2)36-25-14-12-13-24(25)34-27(35)23-17-21(20-33-26(23)31)22(18-30)19-32-6/h10-11,15-20,24-25H,7-9,12-14,30H2,1-6H3,(H2,31,33)(H,34,35)/b15-10-,16-11?,22-18?,32-19?/t24-,25?,28-,29?/m0/s1. The highest BCUT2D eigenvalue weighted by atomic mass is 16.5. The minimum Gasteiger partial charge on any atom is -0.404 e. The number of nitrogens with zero attached hydrogens (tertiary/aromatic N) is 2. The van der Waals surface area contributed by atoms with Gasteiger partial charge in [-0.15, -0.1) is 0 Å². The van der Waals surface area contributed by atoms with Gasteiger partial charge in [0, 0.05) is 42.2 Å². The van der Waals surface area contributed by atoms with Crippen LogP contribution < -0.4 is 16.8 Å². The predicted molar refractivity (Wildman–Crippen MR) is 151 cm³/mol. The van der Waals surface area contributed by atoms with Crippen LogP contribution in [0.25, 0.3) is 5.57 Å². The van der Waals surface area contributed by atoms with Gasteiger partial charge in [-0.1, -0.05) is 52.0 Å². The molecule has 36 heavy (non-hydrogen) atoms. The molecule has 1 aromatic heterocycles. The fraction of sp³-hybridized carbons (Fsp3) is 0.552. The van der Waals surface area contributed by atoms with E-state index in [1.54, 1.807) is 25.5 Å². The third-order valence-electron chi connectivity index (χ3n) is 7.37. The SMILES string of the molecule is CCC=CC(C)(OC1CCC[C@@H]1NC(=O)c1cc(C(C=NC)=CN)cnc1N)[C@](C)(/C=C\CC)CC. The number of amides is 1. The summed E-state index contributed by atoms with van der Waals surface area (Å²) in [6, 6.07) is 1.59. The number of anilines is 1. The lowest BCUT2D eigenvalue weighted by Gasteiger charge is -2.45. The molecule has 0 spiro atoms. The Balaban J connectivity index is 2.31. The Morgan fingerprint density at radius 3 is 2.53 bits per heavy atom. The van der Waals surface area contributed by atoms with E-state index in [1.807, 2.05) is 0 Å².